The average Bonchev–Trinajstić information content (AvgIpc) is 2.38. The first-order chi connectivity index (χ1) is 9.72. The first kappa shape index (κ1) is 16.9. The van der Waals surface area contributed by atoms with Gasteiger partial charge in [-0.3, -0.25) is 0 Å². The van der Waals surface area contributed by atoms with E-state index in [2.05, 4.69) is 10.6 Å². The first-order valence-corrected chi connectivity index (χ1v) is 6.43. The van der Waals surface area contributed by atoms with Crippen molar-refractivity contribution in [1.82, 2.24) is 10.6 Å². The number of aliphatic hydroxyl groups is 1. The lowest BCUT2D eigenvalue weighted by Gasteiger charge is -2.17. The minimum absolute atomic E-state index is 0.125. The summed E-state index contributed by atoms with van der Waals surface area (Å²) < 4.78 is 13.5. The third-order valence-electron chi connectivity index (χ3n) is 2.98. The number of benzene rings is 1. The summed E-state index contributed by atoms with van der Waals surface area (Å²) in [5.74, 6) is -1.61. The van der Waals surface area contributed by atoms with Crippen LogP contribution in [0.3, 0.4) is 0 Å². The van der Waals surface area contributed by atoms with E-state index in [0.717, 1.165) is 0 Å². The van der Waals surface area contributed by atoms with E-state index in [1.807, 2.05) is 0 Å². The van der Waals surface area contributed by atoms with E-state index >= 15 is 0 Å². The van der Waals surface area contributed by atoms with Crippen molar-refractivity contribution in [3.63, 3.8) is 0 Å². The Labute approximate surface area is 122 Å². The molecular weight excluding hydrogens is 279 g/mol. The number of halogens is 1. The van der Waals surface area contributed by atoms with E-state index in [9.17, 15) is 19.1 Å². The Morgan fingerprint density at radius 3 is 2.24 bits per heavy atom. The highest BCUT2D eigenvalue weighted by atomic mass is 19.1. The van der Waals surface area contributed by atoms with Gasteiger partial charge in [0.1, 0.15) is 5.82 Å². The zero-order valence-electron chi connectivity index (χ0n) is 12.1. The van der Waals surface area contributed by atoms with Crippen molar-refractivity contribution >= 4 is 12.0 Å². The Kier molecular flexibility index (Phi) is 5.66. The fraction of sp³-hybridized carbons (Fsp3) is 0.429. The molecule has 116 valence electrons. The summed E-state index contributed by atoms with van der Waals surface area (Å²) in [6, 6.07) is 1.10. The molecule has 6 nitrogen and oxygen atoms in total. The van der Waals surface area contributed by atoms with Gasteiger partial charge in [-0.05, 0) is 37.5 Å². The van der Waals surface area contributed by atoms with Gasteiger partial charge in [-0.1, -0.05) is 12.1 Å². The summed E-state index contributed by atoms with van der Waals surface area (Å²) in [7, 11) is 0. The number of hydrogen-bond acceptors (Lipinski definition) is 3. The molecule has 7 heteroatoms. The molecule has 1 aromatic carbocycles. The molecule has 4 N–H and O–H groups in total. The van der Waals surface area contributed by atoms with Gasteiger partial charge in [-0.25, -0.2) is 14.0 Å². The number of nitrogens with one attached hydrogen (secondary N) is 2. The second kappa shape index (κ2) is 7.03. The zero-order chi connectivity index (χ0) is 16.2. The number of carboxylic acids is 1. The third-order valence-corrected chi connectivity index (χ3v) is 2.98. The number of carbonyl (C=O) groups is 2. The molecule has 21 heavy (non-hydrogen) atoms. The molecule has 0 heterocycles. The normalized spacial score (nSPS) is 13.4. The van der Waals surface area contributed by atoms with Crippen LogP contribution in [0.15, 0.2) is 12.1 Å². The van der Waals surface area contributed by atoms with Crippen LogP contribution >= 0.6 is 0 Å². The molecule has 2 atom stereocenters. The van der Waals surface area contributed by atoms with Gasteiger partial charge in [-0.2, -0.15) is 0 Å². The van der Waals surface area contributed by atoms with Crippen molar-refractivity contribution in [2.75, 3.05) is 0 Å². The highest BCUT2D eigenvalue weighted by Gasteiger charge is 2.24. The maximum Gasteiger partial charge on any atom is 0.328 e. The Balaban J connectivity index is 2.63. The summed E-state index contributed by atoms with van der Waals surface area (Å²) in [5, 5.41) is 22.7. The number of rotatable bonds is 5. The predicted molar refractivity (Wildman–Crippen MR) is 74.4 cm³/mol. The van der Waals surface area contributed by atoms with Gasteiger partial charge in [0.05, 0.1) is 6.10 Å². The average molecular weight is 298 g/mol. The van der Waals surface area contributed by atoms with Crippen LogP contribution in [-0.4, -0.2) is 34.4 Å². The van der Waals surface area contributed by atoms with Crippen LogP contribution in [0.4, 0.5) is 9.18 Å². The van der Waals surface area contributed by atoms with Gasteiger partial charge in [0.15, 0.2) is 6.04 Å². The van der Waals surface area contributed by atoms with E-state index in [1.54, 1.807) is 26.0 Å². The van der Waals surface area contributed by atoms with E-state index in [4.69, 9.17) is 5.11 Å². The number of aliphatic hydroxyl groups excluding tert-OH is 1. The highest BCUT2D eigenvalue weighted by molar-refractivity contribution is 5.82. The molecule has 0 saturated heterocycles. The number of amides is 2. The fourth-order valence-corrected chi connectivity index (χ4v) is 1.90. The van der Waals surface area contributed by atoms with Gasteiger partial charge in [-0.15, -0.1) is 0 Å². The van der Waals surface area contributed by atoms with E-state index in [0.29, 0.717) is 16.7 Å². The Morgan fingerprint density at radius 2 is 1.81 bits per heavy atom. The number of aryl methyl sites for hydroxylation is 2. The van der Waals surface area contributed by atoms with Crippen molar-refractivity contribution in [3.05, 3.63) is 34.6 Å². The van der Waals surface area contributed by atoms with Gasteiger partial charge >= 0.3 is 12.0 Å². The van der Waals surface area contributed by atoms with E-state index < -0.39 is 24.1 Å². The summed E-state index contributed by atoms with van der Waals surface area (Å²) >= 11 is 0. The van der Waals surface area contributed by atoms with Crippen molar-refractivity contribution in [2.24, 2.45) is 0 Å². The number of carbonyl (C=O) groups excluding carboxylic acids is 1. The second-order valence-corrected chi connectivity index (χ2v) is 4.93. The zero-order valence-corrected chi connectivity index (χ0v) is 12.1. The van der Waals surface area contributed by atoms with Crippen molar-refractivity contribution in [1.29, 1.82) is 0 Å². The smallest absolute Gasteiger partial charge is 0.328 e. The number of hydrogen-bond donors (Lipinski definition) is 4. The lowest BCUT2D eigenvalue weighted by atomic mass is 10.1. The van der Waals surface area contributed by atoms with Crippen molar-refractivity contribution < 1.29 is 24.2 Å². The van der Waals surface area contributed by atoms with Crippen LogP contribution in [0.1, 0.15) is 23.6 Å². The number of aliphatic carboxylic acids is 1. The van der Waals surface area contributed by atoms with E-state index in [-0.39, 0.29) is 12.4 Å². The molecular formula is C14H19FN2O4. The topological polar surface area (TPSA) is 98.7 Å². The lowest BCUT2D eigenvalue weighted by molar-refractivity contribution is -0.141. The fourth-order valence-electron chi connectivity index (χ4n) is 1.90. The molecule has 0 aromatic heterocycles. The molecule has 2 unspecified atom stereocenters. The molecule has 0 aliphatic rings. The summed E-state index contributed by atoms with van der Waals surface area (Å²) in [4.78, 5) is 22.4. The van der Waals surface area contributed by atoms with Crippen molar-refractivity contribution in [3.8, 4) is 0 Å². The van der Waals surface area contributed by atoms with Crippen LogP contribution in [0, 0.1) is 19.7 Å². The molecule has 2 amide bonds. The highest BCUT2D eigenvalue weighted by Crippen LogP contribution is 2.14. The standard InChI is InChI=1S/C14H19FN2O4/c1-7-4-10(5-8(2)11(7)15)6-16-14(21)17-12(9(3)18)13(19)20/h4-5,9,12,18H,6H2,1-3H3,(H,19,20)(H2,16,17,21). The van der Waals surface area contributed by atoms with Gasteiger partial charge in [0.2, 0.25) is 0 Å². The van der Waals surface area contributed by atoms with Crippen LogP contribution in [0.5, 0.6) is 0 Å². The monoisotopic (exact) mass is 298 g/mol. The van der Waals surface area contributed by atoms with Crippen LogP contribution in [0.25, 0.3) is 0 Å². The van der Waals surface area contributed by atoms with Crippen LogP contribution < -0.4 is 10.6 Å². The third kappa shape index (κ3) is 4.71. The van der Waals surface area contributed by atoms with Gasteiger partial charge < -0.3 is 20.8 Å². The summed E-state index contributed by atoms with van der Waals surface area (Å²) in [6.45, 7) is 4.64. The largest absolute Gasteiger partial charge is 0.480 e. The number of carboxylic acid groups (broad SMARTS) is 1. The Bertz CT molecular complexity index is 523. The molecule has 0 aliphatic heterocycles. The minimum Gasteiger partial charge on any atom is -0.480 e. The Hall–Kier alpha value is -2.15. The molecule has 0 aliphatic carbocycles. The molecule has 0 radical (unpaired) electrons. The molecule has 1 rings (SSSR count). The summed E-state index contributed by atoms with van der Waals surface area (Å²) in [5.41, 5.74) is 1.64. The van der Waals surface area contributed by atoms with Crippen LogP contribution in [-0.2, 0) is 11.3 Å². The SMILES string of the molecule is Cc1cc(CNC(=O)NC(C(=O)O)C(C)O)cc(C)c1F. The quantitative estimate of drug-likeness (QED) is 0.653. The molecule has 0 saturated carbocycles. The van der Waals surface area contributed by atoms with Crippen LogP contribution in [0.2, 0.25) is 0 Å². The predicted octanol–water partition coefficient (Wildman–Crippen LogP) is 1.08. The number of urea groups is 1. The van der Waals surface area contributed by atoms with Gasteiger partial charge in [0.25, 0.3) is 0 Å². The second-order valence-electron chi connectivity index (χ2n) is 4.93. The van der Waals surface area contributed by atoms with E-state index in [1.165, 1.54) is 6.92 Å². The lowest BCUT2D eigenvalue weighted by Crippen LogP contribution is -2.50. The summed E-state index contributed by atoms with van der Waals surface area (Å²) in [6.07, 6.45) is -1.22. The molecule has 0 fully saturated rings. The maximum absolute atomic E-state index is 13.5. The Morgan fingerprint density at radius 1 is 1.29 bits per heavy atom. The minimum atomic E-state index is -1.39. The molecule has 0 bridgehead atoms. The molecule has 0 spiro atoms. The van der Waals surface area contributed by atoms with Gasteiger partial charge in [0, 0.05) is 6.54 Å². The maximum atomic E-state index is 13.5. The molecule has 1 aromatic rings. The first-order valence-electron chi connectivity index (χ1n) is 6.43. The van der Waals surface area contributed by atoms with Crippen molar-refractivity contribution in [2.45, 2.75) is 39.5 Å².